The van der Waals surface area contributed by atoms with Crippen molar-refractivity contribution in [3.63, 3.8) is 0 Å². The SMILES string of the molecule is CCC(C)NCC(=O)NN(C)C. The summed E-state index contributed by atoms with van der Waals surface area (Å²) in [6.45, 7) is 4.53. The van der Waals surface area contributed by atoms with Crippen LogP contribution < -0.4 is 10.7 Å². The predicted molar refractivity (Wildman–Crippen MR) is 49.6 cm³/mol. The van der Waals surface area contributed by atoms with Crippen LogP contribution in [0.2, 0.25) is 0 Å². The normalized spacial score (nSPS) is 13.1. The van der Waals surface area contributed by atoms with Crippen molar-refractivity contribution in [3.8, 4) is 0 Å². The van der Waals surface area contributed by atoms with E-state index in [1.807, 2.05) is 0 Å². The van der Waals surface area contributed by atoms with Gasteiger partial charge in [-0.1, -0.05) is 6.92 Å². The lowest BCUT2D eigenvalue weighted by atomic mass is 10.2. The Morgan fingerprint density at radius 3 is 2.50 bits per heavy atom. The average molecular weight is 173 g/mol. The van der Waals surface area contributed by atoms with Crippen LogP contribution in [0.5, 0.6) is 0 Å². The average Bonchev–Trinajstić information content (AvgIpc) is 1.99. The van der Waals surface area contributed by atoms with Gasteiger partial charge in [-0.3, -0.25) is 10.2 Å². The van der Waals surface area contributed by atoms with Crippen molar-refractivity contribution in [2.45, 2.75) is 26.3 Å². The summed E-state index contributed by atoms with van der Waals surface area (Å²) in [6, 6.07) is 0.401. The van der Waals surface area contributed by atoms with E-state index in [1.54, 1.807) is 19.1 Å². The van der Waals surface area contributed by atoms with E-state index in [-0.39, 0.29) is 5.91 Å². The highest BCUT2D eigenvalue weighted by atomic mass is 16.2. The molecule has 1 unspecified atom stereocenters. The maximum absolute atomic E-state index is 11.1. The number of carbonyl (C=O) groups excluding carboxylic acids is 1. The molecule has 0 spiro atoms. The second-order valence-corrected chi connectivity index (χ2v) is 3.12. The highest BCUT2D eigenvalue weighted by Crippen LogP contribution is 1.85. The highest BCUT2D eigenvalue weighted by molar-refractivity contribution is 5.77. The van der Waals surface area contributed by atoms with Crippen molar-refractivity contribution in [1.82, 2.24) is 15.8 Å². The Kier molecular flexibility index (Phi) is 5.66. The number of hydrogen-bond donors (Lipinski definition) is 2. The predicted octanol–water partition coefficient (Wildman–Crippen LogP) is -0.0327. The molecule has 4 heteroatoms. The minimum Gasteiger partial charge on any atom is -0.306 e. The third kappa shape index (κ3) is 6.12. The molecule has 0 radical (unpaired) electrons. The molecule has 0 aliphatic rings. The van der Waals surface area contributed by atoms with Crippen LogP contribution in [0.1, 0.15) is 20.3 Å². The van der Waals surface area contributed by atoms with Gasteiger partial charge in [0.2, 0.25) is 5.91 Å². The van der Waals surface area contributed by atoms with Gasteiger partial charge in [-0.05, 0) is 13.3 Å². The number of carbonyl (C=O) groups is 1. The molecule has 12 heavy (non-hydrogen) atoms. The number of hydrogen-bond acceptors (Lipinski definition) is 3. The summed E-state index contributed by atoms with van der Waals surface area (Å²) in [7, 11) is 3.59. The third-order valence-electron chi connectivity index (χ3n) is 1.57. The fourth-order valence-electron chi connectivity index (χ4n) is 0.700. The first-order chi connectivity index (χ1) is 5.56. The number of nitrogens with zero attached hydrogens (tertiary/aromatic N) is 1. The molecular weight excluding hydrogens is 154 g/mol. The minimum absolute atomic E-state index is 0.000278. The van der Waals surface area contributed by atoms with Gasteiger partial charge in [-0.15, -0.1) is 0 Å². The van der Waals surface area contributed by atoms with Gasteiger partial charge in [0.15, 0.2) is 0 Å². The summed E-state index contributed by atoms with van der Waals surface area (Å²) >= 11 is 0. The molecule has 1 atom stereocenters. The van der Waals surface area contributed by atoms with Crippen molar-refractivity contribution in [1.29, 1.82) is 0 Å². The minimum atomic E-state index is 0.000278. The number of amides is 1. The van der Waals surface area contributed by atoms with Gasteiger partial charge in [-0.25, -0.2) is 5.01 Å². The summed E-state index contributed by atoms with van der Waals surface area (Å²) in [5.41, 5.74) is 2.65. The fraction of sp³-hybridized carbons (Fsp3) is 0.875. The second kappa shape index (κ2) is 5.97. The van der Waals surface area contributed by atoms with E-state index in [9.17, 15) is 4.79 Å². The quantitative estimate of drug-likeness (QED) is 0.574. The molecule has 4 nitrogen and oxygen atoms in total. The van der Waals surface area contributed by atoms with Gasteiger partial charge in [0.25, 0.3) is 0 Å². The summed E-state index contributed by atoms with van der Waals surface area (Å²) < 4.78 is 0. The van der Waals surface area contributed by atoms with Crippen LogP contribution in [0.4, 0.5) is 0 Å². The zero-order chi connectivity index (χ0) is 9.56. The molecule has 0 aromatic heterocycles. The van der Waals surface area contributed by atoms with Crippen molar-refractivity contribution >= 4 is 5.91 Å². The van der Waals surface area contributed by atoms with Gasteiger partial charge in [0.05, 0.1) is 6.54 Å². The lowest BCUT2D eigenvalue weighted by Crippen LogP contribution is -2.43. The summed E-state index contributed by atoms with van der Waals surface area (Å²) in [4.78, 5) is 11.1. The molecule has 2 N–H and O–H groups in total. The van der Waals surface area contributed by atoms with Crippen LogP contribution in [0, 0.1) is 0 Å². The highest BCUT2D eigenvalue weighted by Gasteiger charge is 2.03. The zero-order valence-corrected chi connectivity index (χ0v) is 8.35. The molecule has 0 aliphatic heterocycles. The monoisotopic (exact) mass is 173 g/mol. The number of nitrogens with one attached hydrogen (secondary N) is 2. The fourth-order valence-corrected chi connectivity index (χ4v) is 0.700. The van der Waals surface area contributed by atoms with Crippen LogP contribution in [0.25, 0.3) is 0 Å². The van der Waals surface area contributed by atoms with Gasteiger partial charge < -0.3 is 5.32 Å². The Morgan fingerprint density at radius 1 is 1.50 bits per heavy atom. The van der Waals surface area contributed by atoms with Crippen LogP contribution in [0.3, 0.4) is 0 Å². The molecule has 0 aliphatic carbocycles. The Bertz CT molecular complexity index is 136. The Balaban J connectivity index is 3.44. The van der Waals surface area contributed by atoms with Crippen molar-refractivity contribution in [3.05, 3.63) is 0 Å². The van der Waals surface area contributed by atoms with Gasteiger partial charge in [0, 0.05) is 20.1 Å². The maximum Gasteiger partial charge on any atom is 0.248 e. The molecule has 0 aromatic carbocycles. The van der Waals surface area contributed by atoms with E-state index in [2.05, 4.69) is 24.6 Å². The van der Waals surface area contributed by atoms with E-state index in [0.29, 0.717) is 12.6 Å². The van der Waals surface area contributed by atoms with Gasteiger partial charge in [0.1, 0.15) is 0 Å². The number of hydrazine groups is 1. The van der Waals surface area contributed by atoms with Crippen LogP contribution >= 0.6 is 0 Å². The standard InChI is InChI=1S/C8H19N3O/c1-5-7(2)9-6-8(12)10-11(3)4/h7,9H,5-6H2,1-4H3,(H,10,12). The molecule has 0 rings (SSSR count). The Hall–Kier alpha value is -0.610. The van der Waals surface area contributed by atoms with Crippen LogP contribution in [-0.2, 0) is 4.79 Å². The molecule has 0 bridgehead atoms. The summed E-state index contributed by atoms with van der Waals surface area (Å²) in [6.07, 6.45) is 1.04. The molecule has 0 heterocycles. The first kappa shape index (κ1) is 11.4. The molecule has 0 fully saturated rings. The van der Waals surface area contributed by atoms with Crippen molar-refractivity contribution < 1.29 is 4.79 Å². The van der Waals surface area contributed by atoms with E-state index < -0.39 is 0 Å². The topological polar surface area (TPSA) is 44.4 Å². The molecule has 0 saturated heterocycles. The van der Waals surface area contributed by atoms with Crippen molar-refractivity contribution in [2.24, 2.45) is 0 Å². The molecule has 1 amide bonds. The van der Waals surface area contributed by atoms with Crippen LogP contribution in [0.15, 0.2) is 0 Å². The smallest absolute Gasteiger partial charge is 0.248 e. The van der Waals surface area contributed by atoms with E-state index in [1.165, 1.54) is 0 Å². The first-order valence-corrected chi connectivity index (χ1v) is 4.26. The third-order valence-corrected chi connectivity index (χ3v) is 1.57. The molecule has 72 valence electrons. The maximum atomic E-state index is 11.1. The largest absolute Gasteiger partial charge is 0.306 e. The first-order valence-electron chi connectivity index (χ1n) is 4.26. The Labute approximate surface area is 74.3 Å². The van der Waals surface area contributed by atoms with E-state index in [4.69, 9.17) is 0 Å². The number of rotatable bonds is 5. The molecule has 0 saturated carbocycles. The second-order valence-electron chi connectivity index (χ2n) is 3.12. The van der Waals surface area contributed by atoms with Gasteiger partial charge >= 0.3 is 0 Å². The van der Waals surface area contributed by atoms with Crippen LogP contribution in [-0.4, -0.2) is 37.6 Å². The molecular formula is C8H19N3O. The lowest BCUT2D eigenvalue weighted by molar-refractivity contribution is -0.124. The summed E-state index contributed by atoms with van der Waals surface area (Å²) in [5.74, 6) is 0.000278. The van der Waals surface area contributed by atoms with Crippen molar-refractivity contribution in [2.75, 3.05) is 20.6 Å². The van der Waals surface area contributed by atoms with Gasteiger partial charge in [-0.2, -0.15) is 0 Å². The molecule has 0 aromatic rings. The summed E-state index contributed by atoms with van der Waals surface area (Å²) in [5, 5.41) is 4.74. The van der Waals surface area contributed by atoms with E-state index >= 15 is 0 Å². The van der Waals surface area contributed by atoms with E-state index in [0.717, 1.165) is 6.42 Å². The Morgan fingerprint density at radius 2 is 2.08 bits per heavy atom. The zero-order valence-electron chi connectivity index (χ0n) is 8.35. The lowest BCUT2D eigenvalue weighted by Gasteiger charge is -2.14.